The van der Waals surface area contributed by atoms with Gasteiger partial charge in [0.1, 0.15) is 5.82 Å². The Hall–Kier alpha value is -3.85. The van der Waals surface area contributed by atoms with Crippen molar-refractivity contribution in [2.45, 2.75) is 20.8 Å². The first-order chi connectivity index (χ1) is 14.5. The van der Waals surface area contributed by atoms with Crippen molar-refractivity contribution in [2.24, 2.45) is 0 Å². The van der Waals surface area contributed by atoms with Gasteiger partial charge in [-0.3, -0.25) is 4.79 Å². The van der Waals surface area contributed by atoms with E-state index in [1.807, 2.05) is 25.1 Å². The number of amides is 1. The van der Waals surface area contributed by atoms with E-state index in [2.05, 4.69) is 46.5 Å². The minimum atomic E-state index is -0.209. The monoisotopic (exact) mass is 399 g/mol. The van der Waals surface area contributed by atoms with E-state index < -0.39 is 0 Å². The number of pyridine rings is 1. The molecule has 0 saturated carbocycles. The molecular formula is C24H25N5O. The lowest BCUT2D eigenvalue weighted by Crippen LogP contribution is -2.22. The maximum Gasteiger partial charge on any atom is 0.257 e. The Bertz CT molecular complexity index is 1070. The lowest BCUT2D eigenvalue weighted by Gasteiger charge is -2.22. The summed E-state index contributed by atoms with van der Waals surface area (Å²) in [6, 6.07) is 18.8. The van der Waals surface area contributed by atoms with Crippen molar-refractivity contribution in [1.29, 1.82) is 5.26 Å². The predicted octanol–water partition coefficient (Wildman–Crippen LogP) is 5.10. The predicted molar refractivity (Wildman–Crippen MR) is 121 cm³/mol. The van der Waals surface area contributed by atoms with E-state index in [9.17, 15) is 4.79 Å². The molecule has 6 heteroatoms. The Morgan fingerprint density at radius 1 is 1.10 bits per heavy atom. The topological polar surface area (TPSA) is 81.0 Å². The van der Waals surface area contributed by atoms with Crippen molar-refractivity contribution < 1.29 is 4.79 Å². The van der Waals surface area contributed by atoms with Crippen LogP contribution >= 0.6 is 0 Å². The van der Waals surface area contributed by atoms with Crippen molar-refractivity contribution in [3.8, 4) is 6.07 Å². The quantitative estimate of drug-likeness (QED) is 0.577. The summed E-state index contributed by atoms with van der Waals surface area (Å²) in [6.45, 7) is 8.12. The number of carbonyl (C=O) groups excluding carboxylic acids is 1. The van der Waals surface area contributed by atoms with Gasteiger partial charge >= 0.3 is 0 Å². The van der Waals surface area contributed by atoms with Gasteiger partial charge < -0.3 is 15.5 Å². The van der Waals surface area contributed by atoms with Gasteiger partial charge in [-0.1, -0.05) is 6.07 Å². The largest absolute Gasteiger partial charge is 0.372 e. The average molecular weight is 399 g/mol. The van der Waals surface area contributed by atoms with Gasteiger partial charge in [0.25, 0.3) is 5.91 Å². The second-order valence-corrected chi connectivity index (χ2v) is 6.88. The van der Waals surface area contributed by atoms with Crippen molar-refractivity contribution >= 4 is 28.8 Å². The fraction of sp³-hybridized carbons (Fsp3) is 0.208. The summed E-state index contributed by atoms with van der Waals surface area (Å²) >= 11 is 0. The molecule has 3 rings (SSSR count). The van der Waals surface area contributed by atoms with Crippen molar-refractivity contribution in [2.75, 3.05) is 28.6 Å². The highest BCUT2D eigenvalue weighted by Gasteiger charge is 2.10. The molecule has 0 unspecified atom stereocenters. The molecule has 152 valence electrons. The Labute approximate surface area is 177 Å². The molecule has 0 fully saturated rings. The summed E-state index contributed by atoms with van der Waals surface area (Å²) in [5.41, 5.74) is 4.75. The summed E-state index contributed by atoms with van der Waals surface area (Å²) in [6.07, 6.45) is 1.53. The molecule has 3 aromatic rings. The first-order valence-electron chi connectivity index (χ1n) is 9.94. The van der Waals surface area contributed by atoms with Crippen LogP contribution in [0.3, 0.4) is 0 Å². The van der Waals surface area contributed by atoms with Crippen molar-refractivity contribution in [3.63, 3.8) is 0 Å². The van der Waals surface area contributed by atoms with Gasteiger partial charge in [0.2, 0.25) is 0 Å². The summed E-state index contributed by atoms with van der Waals surface area (Å²) in [7, 11) is 0. The Morgan fingerprint density at radius 2 is 1.90 bits per heavy atom. The van der Waals surface area contributed by atoms with Gasteiger partial charge in [0, 0.05) is 36.3 Å². The van der Waals surface area contributed by atoms with E-state index in [-0.39, 0.29) is 5.91 Å². The van der Waals surface area contributed by atoms with Gasteiger partial charge in [-0.15, -0.1) is 0 Å². The van der Waals surface area contributed by atoms with Gasteiger partial charge in [-0.05, 0) is 74.9 Å². The third kappa shape index (κ3) is 4.95. The molecule has 2 N–H and O–H groups in total. The van der Waals surface area contributed by atoms with Crippen molar-refractivity contribution in [1.82, 2.24) is 4.98 Å². The number of hydrogen-bond acceptors (Lipinski definition) is 5. The molecule has 2 aromatic carbocycles. The van der Waals surface area contributed by atoms with Crippen LogP contribution in [0, 0.1) is 18.3 Å². The molecule has 0 spiro atoms. The normalized spacial score (nSPS) is 10.2. The van der Waals surface area contributed by atoms with Gasteiger partial charge in [-0.25, -0.2) is 4.98 Å². The Kier molecular flexibility index (Phi) is 6.66. The molecular weight excluding hydrogens is 374 g/mol. The molecule has 1 heterocycles. The van der Waals surface area contributed by atoms with Crippen LogP contribution in [0.25, 0.3) is 0 Å². The summed E-state index contributed by atoms with van der Waals surface area (Å²) in [5, 5.41) is 15.1. The molecule has 1 aromatic heterocycles. The fourth-order valence-corrected chi connectivity index (χ4v) is 3.18. The van der Waals surface area contributed by atoms with Crippen LogP contribution in [0.2, 0.25) is 0 Å². The second kappa shape index (κ2) is 9.57. The number of hydrogen-bond donors (Lipinski definition) is 2. The number of aromatic nitrogens is 1. The van der Waals surface area contributed by atoms with Gasteiger partial charge in [0.15, 0.2) is 0 Å². The lowest BCUT2D eigenvalue weighted by atomic mass is 10.1. The maximum absolute atomic E-state index is 12.6. The van der Waals surface area contributed by atoms with E-state index >= 15 is 0 Å². The lowest BCUT2D eigenvalue weighted by molar-refractivity contribution is 0.102. The number of carbonyl (C=O) groups is 1. The number of aryl methyl sites for hydroxylation is 1. The first-order valence-corrected chi connectivity index (χ1v) is 9.94. The molecule has 1 amide bonds. The Balaban J connectivity index is 1.68. The van der Waals surface area contributed by atoms with E-state index in [1.165, 1.54) is 6.20 Å². The minimum absolute atomic E-state index is 0.209. The SMILES string of the molecule is CCN(CC)c1ccc(NC(=O)c2ccc(Nc3cccc(C#N)c3)nc2)c(C)c1. The zero-order valence-corrected chi connectivity index (χ0v) is 17.4. The zero-order valence-electron chi connectivity index (χ0n) is 17.4. The van der Waals surface area contributed by atoms with Crippen LogP contribution in [0.4, 0.5) is 22.9 Å². The van der Waals surface area contributed by atoms with Crippen molar-refractivity contribution in [3.05, 3.63) is 77.5 Å². The number of nitriles is 1. The molecule has 0 aliphatic heterocycles. The average Bonchev–Trinajstić information content (AvgIpc) is 2.77. The maximum atomic E-state index is 12.6. The minimum Gasteiger partial charge on any atom is -0.372 e. The van der Waals surface area contributed by atoms with E-state index in [0.29, 0.717) is 16.9 Å². The standard InChI is InChI=1S/C24H25N5O/c1-4-29(5-2)21-10-11-22(17(3)13-21)28-24(30)19-9-12-23(26-16-19)27-20-8-6-7-18(14-20)15-25/h6-14,16H,4-5H2,1-3H3,(H,26,27)(H,28,30). The Morgan fingerprint density at radius 3 is 2.53 bits per heavy atom. The van der Waals surface area contributed by atoms with Crippen LogP contribution in [-0.2, 0) is 0 Å². The number of nitrogens with zero attached hydrogens (tertiary/aromatic N) is 3. The smallest absolute Gasteiger partial charge is 0.257 e. The highest BCUT2D eigenvalue weighted by atomic mass is 16.1. The molecule has 0 bridgehead atoms. The second-order valence-electron chi connectivity index (χ2n) is 6.88. The number of nitrogens with one attached hydrogen (secondary N) is 2. The van der Waals surface area contributed by atoms with E-state index in [1.54, 1.807) is 30.3 Å². The van der Waals surface area contributed by atoms with Crippen LogP contribution in [0.1, 0.15) is 35.3 Å². The molecule has 6 nitrogen and oxygen atoms in total. The zero-order chi connectivity index (χ0) is 21.5. The molecule has 0 saturated heterocycles. The third-order valence-electron chi connectivity index (χ3n) is 4.88. The number of rotatable bonds is 7. The summed E-state index contributed by atoms with van der Waals surface area (Å²) in [4.78, 5) is 19.2. The van der Waals surface area contributed by atoms with Gasteiger partial charge in [-0.2, -0.15) is 5.26 Å². The van der Waals surface area contributed by atoms with E-state index in [4.69, 9.17) is 5.26 Å². The summed E-state index contributed by atoms with van der Waals surface area (Å²) < 4.78 is 0. The van der Waals surface area contributed by atoms with Crippen LogP contribution in [0.5, 0.6) is 0 Å². The number of anilines is 4. The molecule has 0 aliphatic rings. The third-order valence-corrected chi connectivity index (χ3v) is 4.88. The molecule has 30 heavy (non-hydrogen) atoms. The van der Waals surface area contributed by atoms with Crippen LogP contribution in [-0.4, -0.2) is 24.0 Å². The fourth-order valence-electron chi connectivity index (χ4n) is 3.18. The van der Waals surface area contributed by atoms with Crippen LogP contribution in [0.15, 0.2) is 60.8 Å². The molecule has 0 atom stereocenters. The van der Waals surface area contributed by atoms with Crippen LogP contribution < -0.4 is 15.5 Å². The number of benzene rings is 2. The highest BCUT2D eigenvalue weighted by molar-refractivity contribution is 6.04. The highest BCUT2D eigenvalue weighted by Crippen LogP contribution is 2.23. The van der Waals surface area contributed by atoms with E-state index in [0.717, 1.165) is 35.7 Å². The first kappa shape index (κ1) is 20.9. The molecule has 0 radical (unpaired) electrons. The summed E-state index contributed by atoms with van der Waals surface area (Å²) in [5.74, 6) is 0.389. The van der Waals surface area contributed by atoms with Gasteiger partial charge in [0.05, 0.1) is 17.2 Å². The molecule has 0 aliphatic carbocycles.